The van der Waals surface area contributed by atoms with Gasteiger partial charge in [0.25, 0.3) is 0 Å². The number of benzene rings is 2. The molecule has 0 amide bonds. The fourth-order valence-electron chi connectivity index (χ4n) is 2.21. The third-order valence-electron chi connectivity index (χ3n) is 3.25. The lowest BCUT2D eigenvalue weighted by Gasteiger charge is -2.11. The number of hydrogen-bond acceptors (Lipinski definition) is 5. The third kappa shape index (κ3) is 2.33. The van der Waals surface area contributed by atoms with E-state index in [0.717, 1.165) is 16.6 Å². The van der Waals surface area contributed by atoms with E-state index in [2.05, 4.69) is 9.97 Å². The van der Waals surface area contributed by atoms with Gasteiger partial charge in [0.15, 0.2) is 17.3 Å². The number of nitrogens with two attached hydrogens (primary N) is 1. The van der Waals surface area contributed by atoms with Crippen molar-refractivity contribution in [3.8, 4) is 22.8 Å². The molecule has 2 N–H and O–H groups in total. The van der Waals surface area contributed by atoms with Crippen molar-refractivity contribution in [3.63, 3.8) is 0 Å². The molecule has 5 heteroatoms. The van der Waals surface area contributed by atoms with Crippen LogP contribution in [-0.2, 0) is 0 Å². The molecule has 3 rings (SSSR count). The first-order valence-electron chi connectivity index (χ1n) is 6.47. The van der Waals surface area contributed by atoms with Crippen molar-refractivity contribution in [3.05, 3.63) is 42.5 Å². The second-order valence-electron chi connectivity index (χ2n) is 4.52. The van der Waals surface area contributed by atoms with E-state index in [0.29, 0.717) is 23.0 Å². The van der Waals surface area contributed by atoms with Gasteiger partial charge in [-0.2, -0.15) is 0 Å². The van der Waals surface area contributed by atoms with Crippen molar-refractivity contribution < 1.29 is 9.47 Å². The van der Waals surface area contributed by atoms with Gasteiger partial charge < -0.3 is 15.2 Å². The summed E-state index contributed by atoms with van der Waals surface area (Å²) in [6.45, 7) is 0. The summed E-state index contributed by atoms with van der Waals surface area (Å²) in [6.07, 6.45) is 0. The van der Waals surface area contributed by atoms with Crippen molar-refractivity contribution >= 4 is 16.9 Å². The second kappa shape index (κ2) is 5.28. The molecule has 0 spiro atoms. The van der Waals surface area contributed by atoms with Gasteiger partial charge in [-0.1, -0.05) is 12.1 Å². The highest BCUT2D eigenvalue weighted by Gasteiger charge is 2.11. The van der Waals surface area contributed by atoms with Crippen molar-refractivity contribution in [2.45, 2.75) is 0 Å². The molecule has 106 valence electrons. The highest BCUT2D eigenvalue weighted by molar-refractivity contribution is 5.82. The normalized spacial score (nSPS) is 10.6. The molecule has 0 aliphatic heterocycles. The molecule has 5 nitrogen and oxygen atoms in total. The number of fused-ring (bicyclic) bond motifs is 1. The molecule has 0 aliphatic rings. The van der Waals surface area contributed by atoms with Gasteiger partial charge in [0.05, 0.1) is 25.3 Å². The summed E-state index contributed by atoms with van der Waals surface area (Å²) in [5, 5.41) is 0. The van der Waals surface area contributed by atoms with E-state index >= 15 is 0 Å². The SMILES string of the molecule is COc1ccc(-c2nc3ccccc3nc2N)cc1OC. The molecule has 0 bridgehead atoms. The van der Waals surface area contributed by atoms with E-state index in [9.17, 15) is 0 Å². The lowest BCUT2D eigenvalue weighted by molar-refractivity contribution is 0.355. The number of anilines is 1. The quantitative estimate of drug-likeness (QED) is 0.799. The Morgan fingerprint density at radius 1 is 0.857 bits per heavy atom. The highest BCUT2D eigenvalue weighted by Crippen LogP contribution is 2.33. The number of nitrogens with zero attached hydrogens (tertiary/aromatic N) is 2. The Balaban J connectivity index is 2.17. The minimum absolute atomic E-state index is 0.390. The number of methoxy groups -OCH3 is 2. The number of nitrogen functional groups attached to an aromatic ring is 1. The van der Waals surface area contributed by atoms with E-state index in [1.54, 1.807) is 14.2 Å². The van der Waals surface area contributed by atoms with Crippen molar-refractivity contribution in [2.24, 2.45) is 0 Å². The molecular formula is C16H15N3O2. The number of para-hydroxylation sites is 2. The first-order valence-corrected chi connectivity index (χ1v) is 6.47. The van der Waals surface area contributed by atoms with Crippen molar-refractivity contribution in [2.75, 3.05) is 20.0 Å². The van der Waals surface area contributed by atoms with Crippen LogP contribution in [0.25, 0.3) is 22.3 Å². The molecule has 0 saturated carbocycles. The fraction of sp³-hybridized carbons (Fsp3) is 0.125. The summed E-state index contributed by atoms with van der Waals surface area (Å²) in [6, 6.07) is 13.2. The number of rotatable bonds is 3. The molecule has 1 aromatic heterocycles. The average molecular weight is 281 g/mol. The van der Waals surface area contributed by atoms with Crippen LogP contribution in [0.3, 0.4) is 0 Å². The molecule has 2 aromatic carbocycles. The smallest absolute Gasteiger partial charge is 0.161 e. The lowest BCUT2D eigenvalue weighted by Crippen LogP contribution is -1.99. The van der Waals surface area contributed by atoms with Crippen LogP contribution in [0, 0.1) is 0 Å². The van der Waals surface area contributed by atoms with Crippen molar-refractivity contribution in [1.82, 2.24) is 9.97 Å². The maximum Gasteiger partial charge on any atom is 0.161 e. The van der Waals surface area contributed by atoms with Crippen LogP contribution in [0.5, 0.6) is 11.5 Å². The van der Waals surface area contributed by atoms with Gasteiger partial charge in [0.2, 0.25) is 0 Å². The Bertz CT molecular complexity index is 803. The molecule has 0 saturated heterocycles. The number of aromatic nitrogens is 2. The van der Waals surface area contributed by atoms with Gasteiger partial charge in [-0.15, -0.1) is 0 Å². The van der Waals surface area contributed by atoms with Crippen LogP contribution >= 0.6 is 0 Å². The minimum Gasteiger partial charge on any atom is -0.493 e. The largest absolute Gasteiger partial charge is 0.493 e. The van der Waals surface area contributed by atoms with E-state index in [1.807, 2.05) is 42.5 Å². The van der Waals surface area contributed by atoms with E-state index in [4.69, 9.17) is 15.2 Å². The van der Waals surface area contributed by atoms with Crippen LogP contribution in [-0.4, -0.2) is 24.2 Å². The molecular weight excluding hydrogens is 266 g/mol. The Morgan fingerprint density at radius 3 is 2.19 bits per heavy atom. The standard InChI is InChI=1S/C16H15N3O2/c1-20-13-8-7-10(9-14(13)21-2)15-16(17)19-12-6-4-3-5-11(12)18-15/h3-9H,1-2H3,(H2,17,19). The molecule has 3 aromatic rings. The number of hydrogen-bond donors (Lipinski definition) is 1. The average Bonchev–Trinajstić information content (AvgIpc) is 2.53. The van der Waals surface area contributed by atoms with Crippen LogP contribution in [0.15, 0.2) is 42.5 Å². The van der Waals surface area contributed by atoms with Gasteiger partial charge in [-0.05, 0) is 30.3 Å². The molecule has 0 fully saturated rings. The molecule has 1 heterocycles. The minimum atomic E-state index is 0.390. The molecule has 0 aliphatic carbocycles. The first kappa shape index (κ1) is 13.2. The van der Waals surface area contributed by atoms with Gasteiger partial charge in [0, 0.05) is 5.56 Å². The second-order valence-corrected chi connectivity index (χ2v) is 4.52. The Morgan fingerprint density at radius 2 is 1.52 bits per heavy atom. The topological polar surface area (TPSA) is 70.3 Å². The van der Waals surface area contributed by atoms with E-state index < -0.39 is 0 Å². The third-order valence-corrected chi connectivity index (χ3v) is 3.25. The predicted molar refractivity (Wildman–Crippen MR) is 82.5 cm³/mol. The summed E-state index contributed by atoms with van der Waals surface area (Å²) in [4.78, 5) is 8.99. The number of ether oxygens (including phenoxy) is 2. The van der Waals surface area contributed by atoms with E-state index in [-0.39, 0.29) is 0 Å². The lowest BCUT2D eigenvalue weighted by atomic mass is 10.1. The first-order chi connectivity index (χ1) is 10.2. The molecule has 0 radical (unpaired) electrons. The van der Waals surface area contributed by atoms with Crippen LogP contribution in [0.4, 0.5) is 5.82 Å². The maximum atomic E-state index is 6.04. The monoisotopic (exact) mass is 281 g/mol. The molecule has 0 unspecified atom stereocenters. The van der Waals surface area contributed by atoms with Crippen molar-refractivity contribution in [1.29, 1.82) is 0 Å². The van der Waals surface area contributed by atoms with Crippen LogP contribution < -0.4 is 15.2 Å². The molecule has 21 heavy (non-hydrogen) atoms. The van der Waals surface area contributed by atoms with Gasteiger partial charge >= 0.3 is 0 Å². The summed E-state index contributed by atoms with van der Waals surface area (Å²) < 4.78 is 10.5. The van der Waals surface area contributed by atoms with Crippen LogP contribution in [0.2, 0.25) is 0 Å². The van der Waals surface area contributed by atoms with E-state index in [1.165, 1.54) is 0 Å². The zero-order chi connectivity index (χ0) is 14.8. The summed E-state index contributed by atoms with van der Waals surface area (Å²) in [7, 11) is 3.19. The zero-order valence-electron chi connectivity index (χ0n) is 11.8. The Hall–Kier alpha value is -2.82. The molecule has 0 atom stereocenters. The maximum absolute atomic E-state index is 6.04. The van der Waals surface area contributed by atoms with Gasteiger partial charge in [0.1, 0.15) is 5.69 Å². The van der Waals surface area contributed by atoms with Gasteiger partial charge in [-0.25, -0.2) is 9.97 Å². The Kier molecular flexibility index (Phi) is 3.31. The summed E-state index contributed by atoms with van der Waals surface area (Å²) in [5.41, 5.74) is 9.08. The zero-order valence-corrected chi connectivity index (χ0v) is 11.8. The Labute approximate surface area is 122 Å². The highest BCUT2D eigenvalue weighted by atomic mass is 16.5. The fourth-order valence-corrected chi connectivity index (χ4v) is 2.21. The summed E-state index contributed by atoms with van der Waals surface area (Å²) in [5.74, 6) is 1.68. The predicted octanol–water partition coefficient (Wildman–Crippen LogP) is 2.90. The van der Waals surface area contributed by atoms with Gasteiger partial charge in [-0.3, -0.25) is 0 Å². The van der Waals surface area contributed by atoms with Crippen LogP contribution in [0.1, 0.15) is 0 Å². The summed E-state index contributed by atoms with van der Waals surface area (Å²) >= 11 is 0.